The van der Waals surface area contributed by atoms with E-state index in [4.69, 9.17) is 77.4 Å². The third-order valence-electron chi connectivity index (χ3n) is 13.4. The van der Waals surface area contributed by atoms with E-state index in [0.29, 0.717) is 43.8 Å². The molecule has 18 nitrogen and oxygen atoms in total. The van der Waals surface area contributed by atoms with Gasteiger partial charge in [-0.05, 0) is 142 Å². The van der Waals surface area contributed by atoms with Crippen molar-refractivity contribution >= 4 is 106 Å². The first-order valence-corrected chi connectivity index (χ1v) is 32.6. The molecule has 0 aromatic heterocycles. The summed E-state index contributed by atoms with van der Waals surface area (Å²) in [6.07, 6.45) is -4.83. The number of thioether (sulfide) groups is 3. The number of halogens is 3. The number of alkyl carbamates (subject to hydrolysis) is 3. The Bertz CT molecular complexity index is 3010. The molecule has 484 valence electrons. The highest BCUT2D eigenvalue weighted by Gasteiger charge is 2.39. The van der Waals surface area contributed by atoms with E-state index in [1.807, 2.05) is 91.9 Å². The van der Waals surface area contributed by atoms with E-state index in [1.165, 1.54) is 56.1 Å². The van der Waals surface area contributed by atoms with Gasteiger partial charge < -0.3 is 58.6 Å². The van der Waals surface area contributed by atoms with Gasteiger partial charge in [-0.3, -0.25) is 0 Å². The molecule has 0 aliphatic carbocycles. The van der Waals surface area contributed by atoms with Crippen LogP contribution in [0, 0.1) is 5.92 Å². The van der Waals surface area contributed by atoms with Crippen LogP contribution >= 0.6 is 70.1 Å². The number of hydrogen-bond acceptors (Lipinski definition) is 18. The molecule has 3 amide bonds. The molecule has 5 atom stereocenters. The molecule has 90 heavy (non-hydrogen) atoms. The van der Waals surface area contributed by atoms with Gasteiger partial charge in [-0.25, -0.2) is 28.8 Å². The minimum absolute atomic E-state index is 0.00851. The van der Waals surface area contributed by atoms with E-state index < -0.39 is 66.0 Å². The van der Waals surface area contributed by atoms with E-state index >= 15 is 0 Å². The fraction of sp³-hybridized carbons (Fsp3) is 0.364. The molecule has 3 N–H and O–H groups in total. The Balaban J connectivity index is 1.38. The first-order valence-electron chi connectivity index (χ1n) is 28.5. The highest BCUT2D eigenvalue weighted by atomic mass is 35.5. The number of carbonyl (C=O) groups is 6. The molecular formula is C66H76Cl3N3O15S3. The summed E-state index contributed by atoms with van der Waals surface area (Å²) in [6, 6.07) is 37.1. The third-order valence-corrected chi connectivity index (χ3v) is 17.6. The maximum Gasteiger partial charge on any atom is 0.407 e. The Morgan fingerprint density at radius 2 is 0.744 bits per heavy atom. The standard InChI is InChI=1S/C66H76Cl3N3O15S3/c1-42(2)60(73)79-33-30-70-63(76)85-54(39-88-57-24-14-49(67)15-25-57)36-82-46(8)45(7)66(9,47-10-20-52(21-11-47)83-37-55(40-89-58-26-16-50(68)17-27-58)86-64(77)71-31-34-80-61(74)43(3)4)48-12-22-53(23-13-48)84-38-56(41-90-59-28-18-51(69)19-29-59)87-65(78)72-32-35-81-62(75)44(5)6/h10-29,45-46,54-56H,1,3,5,30-41H2,2,4,6-9H3,(H,70,76)(H,71,77)(H,72,78)/t45?,46-,54?,55?,56?,66?/m1/s1. The molecule has 0 saturated heterocycles. The van der Waals surface area contributed by atoms with Crippen LogP contribution in [-0.4, -0.2) is 137 Å². The zero-order chi connectivity index (χ0) is 65.6. The Morgan fingerprint density at radius 3 is 1.03 bits per heavy atom. The lowest BCUT2D eigenvalue weighted by Gasteiger charge is -2.40. The van der Waals surface area contributed by atoms with Crippen LogP contribution in [0.25, 0.3) is 0 Å². The van der Waals surface area contributed by atoms with Crippen LogP contribution in [0.5, 0.6) is 11.5 Å². The van der Waals surface area contributed by atoms with Crippen molar-refractivity contribution in [3.63, 3.8) is 0 Å². The monoisotopic (exact) mass is 1350 g/mol. The van der Waals surface area contributed by atoms with Crippen LogP contribution in [-0.2, 0) is 53.0 Å². The van der Waals surface area contributed by atoms with E-state index in [0.717, 1.165) is 25.8 Å². The van der Waals surface area contributed by atoms with Crippen molar-refractivity contribution < 1.29 is 71.4 Å². The first-order chi connectivity index (χ1) is 43.0. The van der Waals surface area contributed by atoms with Gasteiger partial charge in [-0.15, -0.1) is 35.3 Å². The Labute approximate surface area is 554 Å². The molecule has 4 unspecified atom stereocenters. The van der Waals surface area contributed by atoms with E-state index in [1.54, 1.807) is 36.4 Å². The Hall–Kier alpha value is -6.98. The molecule has 0 saturated carbocycles. The molecule has 5 aromatic carbocycles. The molecular weight excluding hydrogens is 1280 g/mol. The number of amides is 3. The van der Waals surface area contributed by atoms with Gasteiger partial charge in [-0.2, -0.15) is 0 Å². The first kappa shape index (κ1) is 73.8. The van der Waals surface area contributed by atoms with Crippen molar-refractivity contribution in [2.75, 3.05) is 76.5 Å². The zero-order valence-corrected chi connectivity index (χ0v) is 55.7. The molecule has 0 aliphatic rings. The Morgan fingerprint density at radius 1 is 0.456 bits per heavy atom. The van der Waals surface area contributed by atoms with Gasteiger partial charge in [0.1, 0.15) is 62.8 Å². The molecule has 24 heteroatoms. The quantitative estimate of drug-likeness (QED) is 0.0111. The largest absolute Gasteiger partial charge is 0.490 e. The van der Waals surface area contributed by atoms with Crippen molar-refractivity contribution in [3.05, 3.63) is 184 Å². The summed E-state index contributed by atoms with van der Waals surface area (Å²) in [5, 5.41) is 9.63. The molecule has 0 fully saturated rings. The fourth-order valence-corrected chi connectivity index (χ4v) is 11.1. The highest BCUT2D eigenvalue weighted by molar-refractivity contribution is 7.99. The number of nitrogens with one attached hydrogen (secondary N) is 3. The zero-order valence-electron chi connectivity index (χ0n) is 51.0. The SMILES string of the molecule is C=C(C)C(=O)OCCNC(=O)OC(COc1ccc(C(C)(c2ccc(OCC(CSc3ccc(Cl)cc3)OC(=O)NCCOC(=O)C(=C)C)cc2)C(C)[C@@H](C)OCC(CSc2ccc(Cl)cc2)OC(=O)NCCOC(=O)C(=C)C)cc1)CSc1ccc(Cl)cc1. The third kappa shape index (κ3) is 26.5. The molecule has 0 bridgehead atoms. The summed E-state index contributed by atoms with van der Waals surface area (Å²) in [5.74, 6) is -0.0222. The molecule has 0 spiro atoms. The van der Waals surface area contributed by atoms with Crippen LogP contribution in [0.4, 0.5) is 14.4 Å². The minimum atomic E-state index is -0.793. The predicted octanol–water partition coefficient (Wildman–Crippen LogP) is 13.8. The van der Waals surface area contributed by atoms with Crippen molar-refractivity contribution in [3.8, 4) is 11.5 Å². The van der Waals surface area contributed by atoms with Crippen molar-refractivity contribution in [2.24, 2.45) is 5.92 Å². The van der Waals surface area contributed by atoms with E-state index in [-0.39, 0.29) is 81.9 Å². The van der Waals surface area contributed by atoms with Gasteiger partial charge in [0, 0.05) is 69.1 Å². The smallest absolute Gasteiger partial charge is 0.407 e. The second-order valence-corrected chi connectivity index (χ2v) is 25.2. The lowest BCUT2D eigenvalue weighted by atomic mass is 9.66. The Kier molecular flexibility index (Phi) is 31.7. The van der Waals surface area contributed by atoms with Crippen molar-refractivity contribution in [2.45, 2.75) is 86.1 Å². The van der Waals surface area contributed by atoms with Crippen LogP contribution in [0.15, 0.2) is 172 Å². The number of benzene rings is 5. The minimum Gasteiger partial charge on any atom is -0.490 e. The van der Waals surface area contributed by atoms with Crippen molar-refractivity contribution in [1.29, 1.82) is 0 Å². The second-order valence-electron chi connectivity index (χ2n) is 20.6. The number of ether oxygens (including phenoxy) is 9. The second kappa shape index (κ2) is 38.7. The highest BCUT2D eigenvalue weighted by Crippen LogP contribution is 2.43. The number of esters is 3. The number of hydrogen-bond donors (Lipinski definition) is 3. The van der Waals surface area contributed by atoms with Gasteiger partial charge >= 0.3 is 36.2 Å². The lowest BCUT2D eigenvalue weighted by Crippen LogP contribution is -2.41. The van der Waals surface area contributed by atoms with E-state index in [9.17, 15) is 28.8 Å². The van der Waals surface area contributed by atoms with Gasteiger partial charge in [0.05, 0.1) is 32.3 Å². The predicted molar refractivity (Wildman–Crippen MR) is 354 cm³/mol. The average molecular weight is 1350 g/mol. The molecule has 0 aliphatic heterocycles. The molecule has 5 rings (SSSR count). The summed E-state index contributed by atoms with van der Waals surface area (Å²) in [7, 11) is 0. The molecule has 0 heterocycles. The van der Waals surface area contributed by atoms with Crippen LogP contribution in [0.3, 0.4) is 0 Å². The maximum absolute atomic E-state index is 13.2. The topological polar surface area (TPSA) is 222 Å². The van der Waals surface area contributed by atoms with Crippen molar-refractivity contribution in [1.82, 2.24) is 16.0 Å². The normalized spacial score (nSPS) is 13.3. The van der Waals surface area contributed by atoms with E-state index in [2.05, 4.69) is 49.5 Å². The number of carbonyl (C=O) groups excluding carboxylic acids is 6. The molecule has 5 aromatic rings. The fourth-order valence-electron chi connectivity index (χ4n) is 8.09. The summed E-state index contributed by atoms with van der Waals surface area (Å²) in [5.41, 5.74) is 1.68. The van der Waals surface area contributed by atoms with Gasteiger partial charge in [0.15, 0.2) is 0 Å². The van der Waals surface area contributed by atoms with Gasteiger partial charge in [-0.1, -0.05) is 92.7 Å². The molecule has 0 radical (unpaired) electrons. The summed E-state index contributed by atoms with van der Waals surface area (Å²) in [4.78, 5) is 77.6. The lowest BCUT2D eigenvalue weighted by molar-refractivity contribution is -0.139. The summed E-state index contributed by atoms with van der Waals surface area (Å²) >= 11 is 22.8. The van der Waals surface area contributed by atoms with Gasteiger partial charge in [0.25, 0.3) is 0 Å². The summed E-state index contributed by atoms with van der Waals surface area (Å²) in [6.45, 7) is 21.2. The average Bonchev–Trinajstić information content (AvgIpc) is 0.855. The van der Waals surface area contributed by atoms with Crippen LogP contribution in [0.1, 0.15) is 52.7 Å². The van der Waals surface area contributed by atoms with Gasteiger partial charge in [0.2, 0.25) is 0 Å². The maximum atomic E-state index is 13.2. The summed E-state index contributed by atoms with van der Waals surface area (Å²) < 4.78 is 52.2. The van der Waals surface area contributed by atoms with Crippen LogP contribution < -0.4 is 25.4 Å². The number of rotatable bonds is 37. The van der Waals surface area contributed by atoms with Crippen LogP contribution in [0.2, 0.25) is 15.1 Å².